The first kappa shape index (κ1) is 20.8. The first-order valence-electron chi connectivity index (χ1n) is 9.57. The van der Waals surface area contributed by atoms with Gasteiger partial charge in [0.25, 0.3) is 5.91 Å². The Balaban J connectivity index is 1.52. The number of nitrogens with zero attached hydrogens (tertiary/aromatic N) is 1. The fraction of sp³-hybridized carbons (Fsp3) is 0.160. The summed E-state index contributed by atoms with van der Waals surface area (Å²) in [6.07, 6.45) is 0. The first-order chi connectivity index (χ1) is 14.5. The monoisotopic (exact) mass is 398 g/mol. The van der Waals surface area contributed by atoms with Crippen LogP contribution in [0.3, 0.4) is 0 Å². The van der Waals surface area contributed by atoms with Crippen molar-refractivity contribution in [2.45, 2.75) is 20.5 Å². The van der Waals surface area contributed by atoms with Gasteiger partial charge in [-0.1, -0.05) is 59.7 Å². The van der Waals surface area contributed by atoms with Crippen LogP contribution in [0.25, 0.3) is 11.1 Å². The standard InChI is InChI=1S/C25H22N2O3/c1-17-11-18(2)13-22(12-17)25(29)27-15-24(28)30-16-19-7-9-20(10-8-19)23-6-4-3-5-21(23)14-26/h3-13H,15-16H2,1-2H3,(H,27,29). The van der Waals surface area contributed by atoms with Crippen LogP contribution in [-0.2, 0) is 16.1 Å². The molecule has 3 aromatic rings. The molecule has 0 aromatic heterocycles. The number of aryl methyl sites for hydroxylation is 2. The minimum absolute atomic E-state index is 0.110. The minimum atomic E-state index is -0.508. The molecule has 3 rings (SSSR count). The van der Waals surface area contributed by atoms with E-state index < -0.39 is 5.97 Å². The number of nitrogens with one attached hydrogen (secondary N) is 1. The van der Waals surface area contributed by atoms with E-state index in [0.29, 0.717) is 11.1 Å². The van der Waals surface area contributed by atoms with Crippen LogP contribution < -0.4 is 5.32 Å². The molecule has 3 aromatic carbocycles. The average Bonchev–Trinajstić information content (AvgIpc) is 2.75. The van der Waals surface area contributed by atoms with Gasteiger partial charge in [-0.3, -0.25) is 9.59 Å². The fourth-order valence-corrected chi connectivity index (χ4v) is 3.19. The van der Waals surface area contributed by atoms with E-state index in [0.717, 1.165) is 27.8 Å². The number of nitriles is 1. The van der Waals surface area contributed by atoms with Crippen LogP contribution in [0, 0.1) is 25.2 Å². The fourth-order valence-electron chi connectivity index (χ4n) is 3.19. The number of rotatable bonds is 6. The third-order valence-corrected chi connectivity index (χ3v) is 4.59. The van der Waals surface area contributed by atoms with Crippen LogP contribution in [0.4, 0.5) is 0 Å². The maximum atomic E-state index is 12.2. The molecule has 1 N–H and O–H groups in total. The number of carbonyl (C=O) groups excluding carboxylic acids is 2. The first-order valence-corrected chi connectivity index (χ1v) is 9.57. The summed E-state index contributed by atoms with van der Waals surface area (Å²) in [5.41, 5.74) is 5.71. The molecule has 5 heteroatoms. The van der Waals surface area contributed by atoms with Crippen molar-refractivity contribution in [3.05, 3.63) is 94.5 Å². The minimum Gasteiger partial charge on any atom is -0.460 e. The molecular formula is C25H22N2O3. The normalized spacial score (nSPS) is 10.2. The summed E-state index contributed by atoms with van der Waals surface area (Å²) in [5.74, 6) is -0.814. The van der Waals surface area contributed by atoms with Crippen LogP contribution in [0.15, 0.2) is 66.7 Å². The molecule has 150 valence electrons. The average molecular weight is 398 g/mol. The van der Waals surface area contributed by atoms with Gasteiger partial charge in [-0.15, -0.1) is 0 Å². The van der Waals surface area contributed by atoms with Crippen molar-refractivity contribution in [3.63, 3.8) is 0 Å². The molecule has 0 saturated carbocycles. The molecule has 0 aliphatic heterocycles. The van der Waals surface area contributed by atoms with Gasteiger partial charge in [0, 0.05) is 5.56 Å². The quantitative estimate of drug-likeness (QED) is 0.628. The van der Waals surface area contributed by atoms with Crippen molar-refractivity contribution in [1.29, 1.82) is 5.26 Å². The van der Waals surface area contributed by atoms with Gasteiger partial charge in [-0.05, 0) is 48.7 Å². The lowest BCUT2D eigenvalue weighted by Crippen LogP contribution is -2.30. The van der Waals surface area contributed by atoms with Crippen molar-refractivity contribution in [1.82, 2.24) is 5.32 Å². The third kappa shape index (κ3) is 5.33. The van der Waals surface area contributed by atoms with E-state index in [2.05, 4.69) is 11.4 Å². The Morgan fingerprint density at radius 2 is 1.63 bits per heavy atom. The Morgan fingerprint density at radius 3 is 2.30 bits per heavy atom. The summed E-state index contributed by atoms with van der Waals surface area (Å²) in [6.45, 7) is 3.75. The van der Waals surface area contributed by atoms with E-state index in [4.69, 9.17) is 4.74 Å². The van der Waals surface area contributed by atoms with Crippen LogP contribution >= 0.6 is 0 Å². The zero-order valence-corrected chi connectivity index (χ0v) is 16.9. The zero-order chi connectivity index (χ0) is 21.5. The second-order valence-corrected chi connectivity index (χ2v) is 7.07. The van der Waals surface area contributed by atoms with Gasteiger partial charge in [-0.25, -0.2) is 0 Å². The zero-order valence-electron chi connectivity index (χ0n) is 16.9. The van der Waals surface area contributed by atoms with Crippen LogP contribution in [0.5, 0.6) is 0 Å². The molecule has 0 spiro atoms. The van der Waals surface area contributed by atoms with E-state index in [-0.39, 0.29) is 19.1 Å². The van der Waals surface area contributed by atoms with Crippen molar-refractivity contribution >= 4 is 11.9 Å². The number of carbonyl (C=O) groups is 2. The Morgan fingerprint density at radius 1 is 0.967 bits per heavy atom. The molecule has 30 heavy (non-hydrogen) atoms. The number of hydrogen-bond donors (Lipinski definition) is 1. The Kier molecular flexibility index (Phi) is 6.61. The highest BCUT2D eigenvalue weighted by Crippen LogP contribution is 2.23. The molecular weight excluding hydrogens is 376 g/mol. The van der Waals surface area contributed by atoms with Gasteiger partial charge in [-0.2, -0.15) is 5.26 Å². The molecule has 0 bridgehead atoms. The van der Waals surface area contributed by atoms with Gasteiger partial charge in [0.05, 0.1) is 11.6 Å². The largest absolute Gasteiger partial charge is 0.460 e. The molecule has 0 radical (unpaired) electrons. The summed E-state index contributed by atoms with van der Waals surface area (Å²) >= 11 is 0. The van der Waals surface area contributed by atoms with Crippen molar-refractivity contribution < 1.29 is 14.3 Å². The Hall–Kier alpha value is -3.91. The summed E-state index contributed by atoms with van der Waals surface area (Å²) in [6, 6.07) is 22.6. The smallest absolute Gasteiger partial charge is 0.325 e. The lowest BCUT2D eigenvalue weighted by molar-refractivity contribution is -0.143. The van der Waals surface area contributed by atoms with Crippen LogP contribution in [-0.4, -0.2) is 18.4 Å². The van der Waals surface area contributed by atoms with E-state index in [1.54, 1.807) is 18.2 Å². The Labute approximate surface area is 175 Å². The number of esters is 1. The molecule has 0 fully saturated rings. The number of amides is 1. The molecule has 0 atom stereocenters. The third-order valence-electron chi connectivity index (χ3n) is 4.59. The van der Waals surface area contributed by atoms with Gasteiger partial charge in [0.15, 0.2) is 0 Å². The topological polar surface area (TPSA) is 79.2 Å². The summed E-state index contributed by atoms with van der Waals surface area (Å²) in [7, 11) is 0. The molecule has 0 aliphatic rings. The highest BCUT2D eigenvalue weighted by Gasteiger charge is 2.10. The predicted molar refractivity (Wildman–Crippen MR) is 115 cm³/mol. The van der Waals surface area contributed by atoms with Crippen LogP contribution in [0.2, 0.25) is 0 Å². The SMILES string of the molecule is Cc1cc(C)cc(C(=O)NCC(=O)OCc2ccc(-c3ccccc3C#N)cc2)c1. The second kappa shape index (κ2) is 9.53. The van der Waals surface area contributed by atoms with Gasteiger partial charge < -0.3 is 10.1 Å². The number of benzene rings is 3. The van der Waals surface area contributed by atoms with Crippen molar-refractivity contribution in [3.8, 4) is 17.2 Å². The van der Waals surface area contributed by atoms with Crippen molar-refractivity contribution in [2.24, 2.45) is 0 Å². The van der Waals surface area contributed by atoms with Crippen LogP contribution in [0.1, 0.15) is 32.6 Å². The molecule has 0 heterocycles. The predicted octanol–water partition coefficient (Wildman–Crippen LogP) is 4.32. The van der Waals surface area contributed by atoms with Gasteiger partial charge in [0.2, 0.25) is 0 Å². The number of hydrogen-bond acceptors (Lipinski definition) is 4. The molecule has 5 nitrogen and oxygen atoms in total. The highest BCUT2D eigenvalue weighted by atomic mass is 16.5. The lowest BCUT2D eigenvalue weighted by Gasteiger charge is -2.09. The second-order valence-electron chi connectivity index (χ2n) is 7.07. The van der Waals surface area contributed by atoms with Crippen molar-refractivity contribution in [2.75, 3.05) is 6.54 Å². The van der Waals surface area contributed by atoms with E-state index in [1.165, 1.54) is 0 Å². The van der Waals surface area contributed by atoms with Gasteiger partial charge in [0.1, 0.15) is 13.2 Å². The molecule has 0 unspecified atom stereocenters. The molecule has 0 aliphatic carbocycles. The maximum absolute atomic E-state index is 12.2. The summed E-state index contributed by atoms with van der Waals surface area (Å²) in [5, 5.41) is 11.8. The van der Waals surface area contributed by atoms with E-state index in [9.17, 15) is 14.9 Å². The molecule has 0 saturated heterocycles. The summed E-state index contributed by atoms with van der Waals surface area (Å²) in [4.78, 5) is 24.2. The van der Waals surface area contributed by atoms with E-state index in [1.807, 2.05) is 62.4 Å². The highest BCUT2D eigenvalue weighted by molar-refractivity contribution is 5.96. The Bertz CT molecular complexity index is 1090. The molecule has 1 amide bonds. The summed E-state index contributed by atoms with van der Waals surface area (Å²) < 4.78 is 5.25. The maximum Gasteiger partial charge on any atom is 0.325 e. The van der Waals surface area contributed by atoms with Gasteiger partial charge >= 0.3 is 5.97 Å². The lowest BCUT2D eigenvalue weighted by atomic mass is 9.99. The van der Waals surface area contributed by atoms with E-state index >= 15 is 0 Å². The number of ether oxygens (including phenoxy) is 1.